The van der Waals surface area contributed by atoms with E-state index in [1.807, 2.05) is 24.3 Å². The Balaban J connectivity index is 1.39. The number of halogens is 3. The van der Waals surface area contributed by atoms with E-state index in [9.17, 15) is 22.8 Å². The van der Waals surface area contributed by atoms with Crippen molar-refractivity contribution in [1.82, 2.24) is 4.57 Å². The number of carbonyl (C=O) groups excluding carboxylic acids is 1. The van der Waals surface area contributed by atoms with Crippen molar-refractivity contribution in [2.45, 2.75) is 38.4 Å². The fraction of sp³-hybridized carbons (Fsp3) is 0.258. The number of methoxy groups -OCH3 is 1. The van der Waals surface area contributed by atoms with Crippen molar-refractivity contribution in [3.8, 4) is 17.2 Å². The maximum Gasteiger partial charge on any atom is 0.416 e. The van der Waals surface area contributed by atoms with Gasteiger partial charge in [-0.2, -0.15) is 13.2 Å². The van der Waals surface area contributed by atoms with Gasteiger partial charge in [-0.3, -0.25) is 14.2 Å². The van der Waals surface area contributed by atoms with Crippen LogP contribution in [0.3, 0.4) is 0 Å². The molecule has 0 aliphatic carbocycles. The molecule has 0 unspecified atom stereocenters. The van der Waals surface area contributed by atoms with Crippen LogP contribution in [0.4, 0.5) is 13.2 Å². The molecular formula is C31H25F3N2O5S. The van der Waals surface area contributed by atoms with Crippen molar-refractivity contribution in [1.29, 1.82) is 0 Å². The van der Waals surface area contributed by atoms with Crippen molar-refractivity contribution < 1.29 is 32.2 Å². The highest BCUT2D eigenvalue weighted by molar-refractivity contribution is 7.07. The molecule has 42 heavy (non-hydrogen) atoms. The number of ether oxygens (including phenoxy) is 3. The SMILES string of the molecule is COc1ccc(/C=c2/sc3n(c2=O)[C@H]2c4ccccc4O[C@](C)(N=3)[C@H]2C(C)=O)cc1COc1cccc(C(F)(F)F)c1. The third-order valence-corrected chi connectivity index (χ3v) is 8.46. The van der Waals surface area contributed by atoms with Crippen LogP contribution in [0.1, 0.15) is 42.1 Å². The van der Waals surface area contributed by atoms with Crippen LogP contribution in [0.25, 0.3) is 6.08 Å². The lowest BCUT2D eigenvalue weighted by atomic mass is 9.79. The highest BCUT2D eigenvalue weighted by atomic mass is 32.1. The van der Waals surface area contributed by atoms with Crippen molar-refractivity contribution in [2.75, 3.05) is 7.11 Å². The smallest absolute Gasteiger partial charge is 0.416 e. The highest BCUT2D eigenvalue weighted by Crippen LogP contribution is 2.47. The van der Waals surface area contributed by atoms with Crippen LogP contribution < -0.4 is 29.1 Å². The van der Waals surface area contributed by atoms with Gasteiger partial charge in [0, 0.05) is 11.1 Å². The van der Waals surface area contributed by atoms with Gasteiger partial charge >= 0.3 is 6.18 Å². The molecule has 0 fully saturated rings. The molecule has 0 amide bonds. The van der Waals surface area contributed by atoms with Crippen LogP contribution in [0.15, 0.2) is 76.5 Å². The first kappa shape index (κ1) is 27.8. The first-order chi connectivity index (χ1) is 20.0. The second kappa shape index (κ2) is 10.2. The van der Waals surface area contributed by atoms with Gasteiger partial charge in [-0.25, -0.2) is 4.99 Å². The number of hydrogen-bond acceptors (Lipinski definition) is 7. The molecule has 0 saturated heterocycles. The summed E-state index contributed by atoms with van der Waals surface area (Å²) in [5.74, 6) is 0.322. The molecule has 2 aliphatic heterocycles. The molecule has 2 bridgehead atoms. The normalized spacial score (nSPS) is 21.0. The number of benzene rings is 3. The summed E-state index contributed by atoms with van der Waals surface area (Å²) in [6, 6.07) is 16.7. The highest BCUT2D eigenvalue weighted by Gasteiger charge is 2.53. The number of ketones is 1. The van der Waals surface area contributed by atoms with Crippen molar-refractivity contribution in [2.24, 2.45) is 10.9 Å². The van der Waals surface area contributed by atoms with Gasteiger partial charge in [-0.1, -0.05) is 41.7 Å². The summed E-state index contributed by atoms with van der Waals surface area (Å²) in [6.45, 7) is 3.19. The van der Waals surface area contributed by atoms with Gasteiger partial charge in [-0.15, -0.1) is 0 Å². The number of thiazole rings is 1. The molecule has 3 aromatic carbocycles. The summed E-state index contributed by atoms with van der Waals surface area (Å²) in [5.41, 5.74) is -0.267. The molecule has 2 aliphatic rings. The summed E-state index contributed by atoms with van der Waals surface area (Å²) in [4.78, 5) is 31.9. The predicted octanol–water partition coefficient (Wildman–Crippen LogP) is 4.88. The first-order valence-corrected chi connectivity index (χ1v) is 13.9. The minimum atomic E-state index is -4.49. The average molecular weight is 595 g/mol. The lowest BCUT2D eigenvalue weighted by molar-refractivity contribution is -0.137. The van der Waals surface area contributed by atoms with E-state index in [0.29, 0.717) is 32.0 Å². The number of para-hydroxylation sites is 1. The number of carbonyl (C=O) groups is 1. The Bertz CT molecular complexity index is 1900. The van der Waals surface area contributed by atoms with Gasteiger partial charge in [0.25, 0.3) is 5.56 Å². The first-order valence-electron chi connectivity index (χ1n) is 13.1. The number of hydrogen-bond donors (Lipinski definition) is 0. The summed E-state index contributed by atoms with van der Waals surface area (Å²) in [7, 11) is 1.48. The van der Waals surface area contributed by atoms with Gasteiger partial charge in [0.05, 0.1) is 23.2 Å². The van der Waals surface area contributed by atoms with Crippen LogP contribution in [-0.4, -0.2) is 23.2 Å². The number of alkyl halides is 3. The molecule has 3 heterocycles. The van der Waals surface area contributed by atoms with E-state index in [1.165, 1.54) is 37.5 Å². The molecule has 0 saturated carbocycles. The maximum atomic E-state index is 13.8. The summed E-state index contributed by atoms with van der Waals surface area (Å²) >= 11 is 1.20. The molecule has 7 nitrogen and oxygen atoms in total. The van der Waals surface area contributed by atoms with Crippen molar-refractivity contribution in [3.63, 3.8) is 0 Å². The molecule has 4 aromatic rings. The summed E-state index contributed by atoms with van der Waals surface area (Å²) in [6.07, 6.45) is -2.77. The fourth-order valence-corrected chi connectivity index (χ4v) is 6.73. The zero-order valence-corrected chi connectivity index (χ0v) is 23.6. The van der Waals surface area contributed by atoms with Gasteiger partial charge < -0.3 is 14.2 Å². The van der Waals surface area contributed by atoms with Crippen molar-refractivity contribution >= 4 is 23.2 Å². The Morgan fingerprint density at radius 3 is 2.67 bits per heavy atom. The van der Waals surface area contributed by atoms with E-state index in [-0.39, 0.29) is 23.7 Å². The van der Waals surface area contributed by atoms with Crippen LogP contribution in [-0.2, 0) is 17.6 Å². The number of rotatable bonds is 6. The van der Waals surface area contributed by atoms with E-state index in [0.717, 1.165) is 17.7 Å². The molecule has 1 aromatic heterocycles. The van der Waals surface area contributed by atoms with Crippen LogP contribution >= 0.6 is 11.3 Å². The average Bonchev–Trinajstić information content (AvgIpc) is 3.24. The topological polar surface area (TPSA) is 79.1 Å². The quantitative estimate of drug-likeness (QED) is 0.318. The number of aromatic nitrogens is 1. The van der Waals surface area contributed by atoms with Crippen molar-refractivity contribution in [3.05, 3.63) is 109 Å². The summed E-state index contributed by atoms with van der Waals surface area (Å²) in [5, 5.41) is 0. The number of fused-ring (bicyclic) bond motifs is 6. The van der Waals surface area contributed by atoms with Gasteiger partial charge in [0.2, 0.25) is 5.72 Å². The molecular weight excluding hydrogens is 569 g/mol. The Hall–Kier alpha value is -4.38. The lowest BCUT2D eigenvalue weighted by Gasteiger charge is -2.45. The molecule has 216 valence electrons. The molecule has 0 spiro atoms. The standard InChI is InChI=1S/C31H25F3N2O5S/c1-17(37)26-27-22-9-4-5-10-24(22)41-30(26,2)35-29-36(27)28(38)25(42-29)14-18-11-12-23(39-3)19(13-18)16-40-21-8-6-7-20(15-21)31(32,33)34/h4-15,26-27H,16H2,1-3H3/b25-14+/t26-,27-,30-/m0/s1. The van der Waals surface area contributed by atoms with Gasteiger partial charge in [0.15, 0.2) is 4.80 Å². The predicted molar refractivity (Wildman–Crippen MR) is 149 cm³/mol. The second-order valence-electron chi connectivity index (χ2n) is 10.3. The molecule has 3 atom stereocenters. The van der Waals surface area contributed by atoms with Crippen LogP contribution in [0, 0.1) is 5.92 Å². The van der Waals surface area contributed by atoms with Crippen LogP contribution in [0.2, 0.25) is 0 Å². The second-order valence-corrected chi connectivity index (χ2v) is 11.3. The zero-order valence-electron chi connectivity index (χ0n) is 22.8. The molecule has 6 rings (SSSR count). The van der Waals surface area contributed by atoms with Gasteiger partial charge in [-0.05, 0) is 61.9 Å². The molecule has 11 heteroatoms. The zero-order chi connectivity index (χ0) is 29.8. The van der Waals surface area contributed by atoms with E-state index in [2.05, 4.69) is 0 Å². The monoisotopic (exact) mass is 594 g/mol. The largest absolute Gasteiger partial charge is 0.496 e. The molecule has 0 N–H and O–H groups in total. The van der Waals surface area contributed by atoms with E-state index >= 15 is 0 Å². The third-order valence-electron chi connectivity index (χ3n) is 7.48. The van der Waals surface area contributed by atoms with E-state index in [1.54, 1.807) is 35.8 Å². The van der Waals surface area contributed by atoms with E-state index < -0.39 is 29.4 Å². The third kappa shape index (κ3) is 4.77. The lowest BCUT2D eigenvalue weighted by Crippen LogP contribution is -2.58. The minimum absolute atomic E-state index is 0.0593. The minimum Gasteiger partial charge on any atom is -0.496 e. The number of Topliss-reactive ketones (excluding diaryl/α,β-unsaturated/α-hetero) is 1. The maximum absolute atomic E-state index is 13.8. The molecule has 0 radical (unpaired) electrons. The fourth-order valence-electron chi connectivity index (χ4n) is 5.63. The number of nitrogens with zero attached hydrogens (tertiary/aromatic N) is 2. The Morgan fingerprint density at radius 2 is 1.93 bits per heavy atom. The Morgan fingerprint density at radius 1 is 1.14 bits per heavy atom. The Labute approximate surface area is 242 Å². The summed E-state index contributed by atoms with van der Waals surface area (Å²) < 4.78 is 58.7. The van der Waals surface area contributed by atoms with Crippen LogP contribution in [0.5, 0.6) is 17.2 Å². The Kier molecular flexibility index (Phi) is 6.72. The van der Waals surface area contributed by atoms with Gasteiger partial charge in [0.1, 0.15) is 35.6 Å². The van der Waals surface area contributed by atoms with E-state index in [4.69, 9.17) is 19.2 Å².